The number of H-pyrrole nitrogens is 1. The Morgan fingerprint density at radius 1 is 1.47 bits per heavy atom. The van der Waals surface area contributed by atoms with E-state index < -0.39 is 5.97 Å². The van der Waals surface area contributed by atoms with E-state index >= 15 is 0 Å². The molecule has 6 heteroatoms. The number of pyridine rings is 1. The largest absolute Gasteiger partial charge is 0.478 e. The van der Waals surface area contributed by atoms with Gasteiger partial charge in [-0.1, -0.05) is 11.8 Å². The molecule has 5 nitrogen and oxygen atoms in total. The molecule has 88 valence electrons. The molecule has 0 atom stereocenters. The predicted molar refractivity (Wildman–Crippen MR) is 63.4 cm³/mol. The third-order valence-electron chi connectivity index (χ3n) is 2.19. The first-order chi connectivity index (χ1) is 8.08. The number of aromatic carboxylic acids is 1. The Morgan fingerprint density at radius 3 is 2.82 bits per heavy atom. The van der Waals surface area contributed by atoms with E-state index in [9.17, 15) is 9.90 Å². The lowest BCUT2D eigenvalue weighted by Gasteiger charge is -2.07. The average Bonchev–Trinajstić information content (AvgIpc) is 2.68. The number of aromatic amines is 1. The maximum Gasteiger partial charge on any atom is 0.338 e. The monoisotopic (exact) mass is 249 g/mol. The lowest BCUT2D eigenvalue weighted by Crippen LogP contribution is -2.05. The lowest BCUT2D eigenvalue weighted by molar-refractivity contribution is 0.0691. The molecule has 0 unspecified atom stereocenters. The van der Waals surface area contributed by atoms with Gasteiger partial charge in [-0.05, 0) is 19.9 Å². The molecule has 0 fully saturated rings. The summed E-state index contributed by atoms with van der Waals surface area (Å²) in [7, 11) is 0. The van der Waals surface area contributed by atoms with Crippen molar-refractivity contribution >= 4 is 17.7 Å². The maximum absolute atomic E-state index is 11.2. The number of carboxylic acid groups (broad SMARTS) is 1. The molecule has 0 saturated heterocycles. The third-order valence-corrected chi connectivity index (χ3v) is 3.14. The standard InChI is InChI=1S/C11H11N3O2S/c1-6-5-8(17-11-12-3-4-13-11)9(10(15)16)7(2)14-6/h3-5H,1-2H3,(H,12,13)(H,15,16). The molecule has 2 N–H and O–H groups in total. The van der Waals surface area contributed by atoms with Crippen molar-refractivity contribution in [2.24, 2.45) is 0 Å². The number of carboxylic acids is 1. The summed E-state index contributed by atoms with van der Waals surface area (Å²) in [5.74, 6) is -0.968. The number of nitrogens with one attached hydrogen (secondary N) is 1. The molecule has 17 heavy (non-hydrogen) atoms. The highest BCUT2D eigenvalue weighted by atomic mass is 32.2. The Kier molecular flexibility index (Phi) is 3.14. The second-order valence-electron chi connectivity index (χ2n) is 3.52. The van der Waals surface area contributed by atoms with Crippen LogP contribution in [0.25, 0.3) is 0 Å². The number of imidazole rings is 1. The minimum Gasteiger partial charge on any atom is -0.478 e. The first-order valence-electron chi connectivity index (χ1n) is 4.96. The van der Waals surface area contributed by atoms with E-state index in [1.807, 2.05) is 6.92 Å². The first-order valence-corrected chi connectivity index (χ1v) is 5.78. The second-order valence-corrected chi connectivity index (χ2v) is 4.55. The predicted octanol–water partition coefficient (Wildman–Crippen LogP) is 2.27. The smallest absolute Gasteiger partial charge is 0.338 e. The summed E-state index contributed by atoms with van der Waals surface area (Å²) in [6.07, 6.45) is 3.33. The van der Waals surface area contributed by atoms with E-state index in [2.05, 4.69) is 15.0 Å². The molecular formula is C11H11N3O2S. The highest BCUT2D eigenvalue weighted by molar-refractivity contribution is 7.99. The number of rotatable bonds is 3. The molecular weight excluding hydrogens is 238 g/mol. The van der Waals surface area contributed by atoms with Crippen molar-refractivity contribution in [3.05, 3.63) is 35.4 Å². The highest BCUT2D eigenvalue weighted by Crippen LogP contribution is 2.29. The van der Waals surface area contributed by atoms with Crippen LogP contribution in [-0.2, 0) is 0 Å². The normalized spacial score (nSPS) is 10.5. The summed E-state index contributed by atoms with van der Waals surface area (Å²) in [6.45, 7) is 3.54. The van der Waals surface area contributed by atoms with Gasteiger partial charge in [0.05, 0.1) is 11.3 Å². The number of aromatic nitrogens is 3. The minimum atomic E-state index is -0.968. The van der Waals surface area contributed by atoms with E-state index in [0.717, 1.165) is 5.69 Å². The zero-order valence-corrected chi connectivity index (χ0v) is 10.2. The van der Waals surface area contributed by atoms with Crippen molar-refractivity contribution in [3.63, 3.8) is 0 Å². The van der Waals surface area contributed by atoms with Gasteiger partial charge in [0, 0.05) is 23.0 Å². The molecule has 0 aliphatic heterocycles. The Hall–Kier alpha value is -1.82. The third kappa shape index (κ3) is 2.47. The fourth-order valence-corrected chi connectivity index (χ4v) is 2.56. The van der Waals surface area contributed by atoms with Gasteiger partial charge in [-0.3, -0.25) is 4.98 Å². The summed E-state index contributed by atoms with van der Waals surface area (Å²) in [6, 6.07) is 1.75. The van der Waals surface area contributed by atoms with Gasteiger partial charge in [0.25, 0.3) is 0 Å². The van der Waals surface area contributed by atoms with Crippen molar-refractivity contribution in [3.8, 4) is 0 Å². The number of hydrogen-bond donors (Lipinski definition) is 2. The van der Waals surface area contributed by atoms with E-state index in [4.69, 9.17) is 0 Å². The molecule has 0 spiro atoms. The Balaban J connectivity index is 2.47. The van der Waals surface area contributed by atoms with Crippen molar-refractivity contribution in [2.75, 3.05) is 0 Å². The van der Waals surface area contributed by atoms with Gasteiger partial charge in [-0.15, -0.1) is 0 Å². The topological polar surface area (TPSA) is 78.9 Å². The molecule has 2 aromatic rings. The van der Waals surface area contributed by atoms with Crippen LogP contribution in [0.5, 0.6) is 0 Å². The van der Waals surface area contributed by atoms with Gasteiger partial charge in [-0.25, -0.2) is 9.78 Å². The van der Waals surface area contributed by atoms with Crippen LogP contribution in [0.3, 0.4) is 0 Å². The van der Waals surface area contributed by atoms with Crippen LogP contribution in [0, 0.1) is 13.8 Å². The molecule has 0 aliphatic carbocycles. The number of carbonyl (C=O) groups is 1. The van der Waals surface area contributed by atoms with Gasteiger partial charge in [-0.2, -0.15) is 0 Å². The van der Waals surface area contributed by atoms with Gasteiger partial charge in [0.2, 0.25) is 0 Å². The van der Waals surface area contributed by atoms with Crippen LogP contribution in [-0.4, -0.2) is 26.0 Å². The van der Waals surface area contributed by atoms with Crippen molar-refractivity contribution in [1.82, 2.24) is 15.0 Å². The molecule has 2 aromatic heterocycles. The molecule has 0 aliphatic rings. The number of hydrogen-bond acceptors (Lipinski definition) is 4. The van der Waals surface area contributed by atoms with Crippen LogP contribution in [0.1, 0.15) is 21.7 Å². The highest BCUT2D eigenvalue weighted by Gasteiger charge is 2.16. The molecule has 2 heterocycles. The summed E-state index contributed by atoms with van der Waals surface area (Å²) >= 11 is 1.29. The minimum absolute atomic E-state index is 0.233. The quantitative estimate of drug-likeness (QED) is 0.872. The zero-order chi connectivity index (χ0) is 12.4. The van der Waals surface area contributed by atoms with E-state index in [1.165, 1.54) is 11.8 Å². The van der Waals surface area contributed by atoms with Crippen LogP contribution in [0.2, 0.25) is 0 Å². The van der Waals surface area contributed by atoms with Crippen LogP contribution in [0.4, 0.5) is 0 Å². The second kappa shape index (κ2) is 4.58. The van der Waals surface area contributed by atoms with Gasteiger partial charge < -0.3 is 10.1 Å². The zero-order valence-electron chi connectivity index (χ0n) is 9.39. The van der Waals surface area contributed by atoms with Crippen molar-refractivity contribution in [2.45, 2.75) is 23.9 Å². The lowest BCUT2D eigenvalue weighted by atomic mass is 10.2. The number of nitrogens with zero attached hydrogens (tertiary/aromatic N) is 2. The average molecular weight is 249 g/mol. The summed E-state index contributed by atoms with van der Waals surface area (Å²) in [4.78, 5) is 23.0. The fraction of sp³-hybridized carbons (Fsp3) is 0.182. The Labute approximate surface area is 102 Å². The molecule has 0 amide bonds. The van der Waals surface area contributed by atoms with Gasteiger partial charge in [0.15, 0.2) is 5.16 Å². The van der Waals surface area contributed by atoms with E-state index in [1.54, 1.807) is 25.4 Å². The SMILES string of the molecule is Cc1cc(Sc2ncc[nH]2)c(C(=O)O)c(C)n1. The molecule has 0 radical (unpaired) electrons. The fourth-order valence-electron chi connectivity index (χ4n) is 1.54. The van der Waals surface area contributed by atoms with Crippen molar-refractivity contribution < 1.29 is 9.90 Å². The maximum atomic E-state index is 11.2. The Bertz CT molecular complexity index is 552. The molecule has 2 rings (SSSR count). The van der Waals surface area contributed by atoms with E-state index in [0.29, 0.717) is 15.7 Å². The van der Waals surface area contributed by atoms with Crippen LogP contribution >= 0.6 is 11.8 Å². The van der Waals surface area contributed by atoms with E-state index in [-0.39, 0.29) is 5.56 Å². The van der Waals surface area contributed by atoms with Crippen LogP contribution < -0.4 is 0 Å². The molecule has 0 aromatic carbocycles. The summed E-state index contributed by atoms with van der Waals surface area (Å²) < 4.78 is 0. The first kappa shape index (κ1) is 11.7. The summed E-state index contributed by atoms with van der Waals surface area (Å²) in [5.41, 5.74) is 1.55. The summed E-state index contributed by atoms with van der Waals surface area (Å²) in [5, 5.41) is 9.85. The van der Waals surface area contributed by atoms with Gasteiger partial charge >= 0.3 is 5.97 Å². The molecule has 0 bridgehead atoms. The van der Waals surface area contributed by atoms with Crippen LogP contribution in [0.15, 0.2) is 28.5 Å². The molecule has 0 saturated carbocycles. The van der Waals surface area contributed by atoms with Gasteiger partial charge in [0.1, 0.15) is 0 Å². The number of aryl methyl sites for hydroxylation is 2. The van der Waals surface area contributed by atoms with Crippen molar-refractivity contribution in [1.29, 1.82) is 0 Å². The Morgan fingerprint density at radius 2 is 2.24 bits per heavy atom.